The fourth-order valence-corrected chi connectivity index (χ4v) is 3.89. The Morgan fingerprint density at radius 1 is 1.18 bits per heavy atom. The molecule has 1 atom stereocenters. The van der Waals surface area contributed by atoms with Crippen LogP contribution in [0.25, 0.3) is 0 Å². The van der Waals surface area contributed by atoms with E-state index in [1.807, 2.05) is 86.3 Å². The minimum atomic E-state index is -0.398. The molecule has 2 aromatic carbocycles. The first-order chi connectivity index (χ1) is 13.3. The molecule has 0 spiro atoms. The molecule has 1 aliphatic heterocycles. The van der Waals surface area contributed by atoms with Crippen LogP contribution in [0, 0.1) is 5.92 Å². The molecule has 3 rings (SSSR count). The third kappa shape index (κ3) is 4.02. The molecule has 1 aliphatic rings. The molecule has 28 heavy (non-hydrogen) atoms. The lowest BCUT2D eigenvalue weighted by Gasteiger charge is -2.30. The zero-order valence-corrected chi connectivity index (χ0v) is 17.6. The number of carbonyl (C=O) groups is 1. The summed E-state index contributed by atoms with van der Waals surface area (Å²) in [6.07, 6.45) is 0.397. The number of aliphatic hydroxyl groups is 1. The number of hydrogen-bond donors (Lipinski definition) is 1. The predicted octanol–water partition coefficient (Wildman–Crippen LogP) is 5.39. The number of hydrogen-bond acceptors (Lipinski definition) is 4. The molecule has 0 aromatic heterocycles. The van der Waals surface area contributed by atoms with Gasteiger partial charge < -0.3 is 14.9 Å². The number of anilines is 2. The van der Waals surface area contributed by atoms with Crippen LogP contribution in [0.3, 0.4) is 0 Å². The van der Waals surface area contributed by atoms with Gasteiger partial charge in [0.1, 0.15) is 5.76 Å². The van der Waals surface area contributed by atoms with E-state index in [2.05, 4.69) is 0 Å². The van der Waals surface area contributed by atoms with Crippen LogP contribution in [0.2, 0.25) is 5.02 Å². The zero-order chi connectivity index (χ0) is 20.4. The lowest BCUT2D eigenvalue weighted by molar-refractivity contribution is -0.116. The number of halogens is 1. The fourth-order valence-electron chi connectivity index (χ4n) is 3.65. The quantitative estimate of drug-likeness (QED) is 0.708. The third-order valence-electron chi connectivity index (χ3n) is 5.01. The molecule has 4 nitrogen and oxygen atoms in total. The van der Waals surface area contributed by atoms with E-state index in [-0.39, 0.29) is 24.0 Å². The summed E-state index contributed by atoms with van der Waals surface area (Å²) in [7, 11) is 3.99. The minimum absolute atomic E-state index is 0.0233. The van der Waals surface area contributed by atoms with Crippen LogP contribution >= 0.6 is 11.6 Å². The summed E-state index contributed by atoms with van der Waals surface area (Å²) >= 11 is 6.50. The highest BCUT2D eigenvalue weighted by molar-refractivity contribution is 6.31. The van der Waals surface area contributed by atoms with Crippen molar-refractivity contribution in [1.29, 1.82) is 0 Å². The van der Waals surface area contributed by atoms with Crippen LogP contribution in [0.4, 0.5) is 11.4 Å². The Balaban J connectivity index is 2.05. The summed E-state index contributed by atoms with van der Waals surface area (Å²) in [5.74, 6) is 0.324. The van der Waals surface area contributed by atoms with Gasteiger partial charge >= 0.3 is 0 Å². The smallest absolute Gasteiger partial charge is 0.164 e. The van der Waals surface area contributed by atoms with Gasteiger partial charge in [-0.1, -0.05) is 43.6 Å². The highest BCUT2D eigenvalue weighted by Crippen LogP contribution is 2.43. The SMILES string of the molecule is CC(C)CC(=O)C1=C(O)CN(c2ccc(N(C)C)cc2)C1c1ccccc1Cl. The number of benzene rings is 2. The molecule has 0 aliphatic carbocycles. The molecule has 1 N–H and O–H groups in total. The van der Waals surface area contributed by atoms with Gasteiger partial charge in [-0.15, -0.1) is 0 Å². The van der Waals surface area contributed by atoms with Crippen molar-refractivity contribution in [3.8, 4) is 0 Å². The Morgan fingerprint density at radius 3 is 2.39 bits per heavy atom. The Kier molecular flexibility index (Phi) is 5.99. The molecule has 2 aromatic rings. The second kappa shape index (κ2) is 8.27. The van der Waals surface area contributed by atoms with Crippen molar-refractivity contribution in [1.82, 2.24) is 0 Å². The van der Waals surface area contributed by atoms with E-state index >= 15 is 0 Å². The maximum absolute atomic E-state index is 13.0. The van der Waals surface area contributed by atoms with Crippen LogP contribution < -0.4 is 9.80 Å². The third-order valence-corrected chi connectivity index (χ3v) is 5.35. The molecular formula is C23H27ClN2O2. The molecule has 1 heterocycles. The first kappa shape index (κ1) is 20.3. The number of carbonyl (C=O) groups excluding carboxylic acids is 1. The van der Waals surface area contributed by atoms with E-state index in [9.17, 15) is 9.90 Å². The summed E-state index contributed by atoms with van der Waals surface area (Å²) in [6, 6.07) is 15.2. The second-order valence-corrected chi connectivity index (χ2v) is 8.25. The van der Waals surface area contributed by atoms with Gasteiger partial charge in [0.15, 0.2) is 5.78 Å². The molecule has 148 valence electrons. The van der Waals surface area contributed by atoms with Crippen LogP contribution in [0.1, 0.15) is 31.9 Å². The van der Waals surface area contributed by atoms with E-state index < -0.39 is 6.04 Å². The van der Waals surface area contributed by atoms with Gasteiger partial charge in [0.2, 0.25) is 0 Å². The van der Waals surface area contributed by atoms with Crippen LogP contribution in [0.5, 0.6) is 0 Å². The maximum Gasteiger partial charge on any atom is 0.164 e. The molecule has 5 heteroatoms. The number of nitrogens with zero attached hydrogens (tertiary/aromatic N) is 2. The van der Waals surface area contributed by atoms with Gasteiger partial charge in [-0.3, -0.25) is 4.79 Å². The van der Waals surface area contributed by atoms with E-state index in [0.29, 0.717) is 17.0 Å². The van der Waals surface area contributed by atoms with E-state index in [1.165, 1.54) is 0 Å². The van der Waals surface area contributed by atoms with Crippen molar-refractivity contribution in [3.63, 3.8) is 0 Å². The van der Waals surface area contributed by atoms with Gasteiger partial charge in [-0.05, 0) is 41.8 Å². The number of rotatable bonds is 6. The zero-order valence-electron chi connectivity index (χ0n) is 16.8. The number of ketones is 1. The number of aliphatic hydroxyl groups excluding tert-OH is 1. The molecule has 0 bridgehead atoms. The Labute approximate surface area is 172 Å². The molecule has 0 saturated heterocycles. The normalized spacial score (nSPS) is 16.8. The topological polar surface area (TPSA) is 43.8 Å². The van der Waals surface area contributed by atoms with Crippen molar-refractivity contribution < 1.29 is 9.90 Å². The van der Waals surface area contributed by atoms with Gasteiger partial charge in [-0.25, -0.2) is 0 Å². The van der Waals surface area contributed by atoms with Gasteiger partial charge in [-0.2, -0.15) is 0 Å². The lowest BCUT2D eigenvalue weighted by Crippen LogP contribution is -2.27. The van der Waals surface area contributed by atoms with Crippen molar-refractivity contribution in [2.45, 2.75) is 26.3 Å². The largest absolute Gasteiger partial charge is 0.510 e. The first-order valence-corrected chi connectivity index (χ1v) is 9.91. The predicted molar refractivity (Wildman–Crippen MR) is 116 cm³/mol. The number of Topliss-reactive ketones (excluding diaryl/α,β-unsaturated/α-hetero) is 1. The summed E-state index contributed by atoms with van der Waals surface area (Å²) in [5.41, 5.74) is 3.32. The molecule has 0 amide bonds. The standard InChI is InChI=1S/C23H27ClN2O2/c1-15(2)13-20(27)22-21(28)14-26(17-11-9-16(10-12-17)25(3)4)23(22)18-7-5-6-8-19(18)24/h5-12,15,23,28H,13-14H2,1-4H3. The summed E-state index contributed by atoms with van der Waals surface area (Å²) < 4.78 is 0. The summed E-state index contributed by atoms with van der Waals surface area (Å²) in [4.78, 5) is 17.1. The Hall–Kier alpha value is -2.46. The van der Waals surface area contributed by atoms with Gasteiger partial charge in [0.25, 0.3) is 0 Å². The average molecular weight is 399 g/mol. The van der Waals surface area contributed by atoms with Gasteiger partial charge in [0, 0.05) is 36.9 Å². The van der Waals surface area contributed by atoms with E-state index in [4.69, 9.17) is 11.6 Å². The molecule has 0 fully saturated rings. The van der Waals surface area contributed by atoms with E-state index in [1.54, 1.807) is 0 Å². The highest BCUT2D eigenvalue weighted by atomic mass is 35.5. The highest BCUT2D eigenvalue weighted by Gasteiger charge is 2.38. The molecule has 1 unspecified atom stereocenters. The van der Waals surface area contributed by atoms with Crippen LogP contribution in [0.15, 0.2) is 59.9 Å². The van der Waals surface area contributed by atoms with Crippen molar-refractivity contribution in [2.75, 3.05) is 30.4 Å². The lowest BCUT2D eigenvalue weighted by atomic mass is 9.92. The second-order valence-electron chi connectivity index (χ2n) is 7.84. The monoisotopic (exact) mass is 398 g/mol. The molecular weight excluding hydrogens is 372 g/mol. The van der Waals surface area contributed by atoms with Crippen molar-refractivity contribution in [2.24, 2.45) is 5.92 Å². The maximum atomic E-state index is 13.0. The average Bonchev–Trinajstić information content (AvgIpc) is 2.98. The molecule has 0 radical (unpaired) electrons. The fraction of sp³-hybridized carbons (Fsp3) is 0.348. The first-order valence-electron chi connectivity index (χ1n) is 9.53. The van der Waals surface area contributed by atoms with Crippen molar-refractivity contribution in [3.05, 3.63) is 70.4 Å². The summed E-state index contributed by atoms with van der Waals surface area (Å²) in [5, 5.41) is 11.3. The van der Waals surface area contributed by atoms with E-state index in [0.717, 1.165) is 16.9 Å². The molecule has 0 saturated carbocycles. The van der Waals surface area contributed by atoms with Crippen LogP contribution in [-0.4, -0.2) is 31.5 Å². The Bertz CT molecular complexity index is 888. The minimum Gasteiger partial charge on any atom is -0.510 e. The van der Waals surface area contributed by atoms with Gasteiger partial charge in [0.05, 0.1) is 18.2 Å². The Morgan fingerprint density at radius 2 is 1.82 bits per heavy atom. The van der Waals surface area contributed by atoms with Crippen LogP contribution in [-0.2, 0) is 4.79 Å². The van der Waals surface area contributed by atoms with Crippen molar-refractivity contribution >= 4 is 28.8 Å². The summed E-state index contributed by atoms with van der Waals surface area (Å²) in [6.45, 7) is 4.30.